The van der Waals surface area contributed by atoms with Crippen LogP contribution in [0.2, 0.25) is 5.02 Å². The molecule has 0 saturated carbocycles. The van der Waals surface area contributed by atoms with Crippen LogP contribution >= 0.6 is 11.6 Å². The lowest BCUT2D eigenvalue weighted by Gasteiger charge is -2.28. The van der Waals surface area contributed by atoms with E-state index in [0.717, 1.165) is 0 Å². The summed E-state index contributed by atoms with van der Waals surface area (Å²) in [4.78, 5) is 14.6. The van der Waals surface area contributed by atoms with Crippen LogP contribution in [0.15, 0.2) is 23.2 Å². The van der Waals surface area contributed by atoms with Gasteiger partial charge in [-0.3, -0.25) is 15.8 Å². The highest BCUT2D eigenvalue weighted by molar-refractivity contribution is 6.32. The van der Waals surface area contributed by atoms with E-state index in [1.807, 2.05) is 0 Å². The molecule has 0 atom stereocenters. The highest BCUT2D eigenvalue weighted by Crippen LogP contribution is 2.32. The van der Waals surface area contributed by atoms with Crippen LogP contribution in [0, 0.1) is 10.1 Å². The molecule has 2 rings (SSSR count). The number of nitro groups is 1. The molecular weight excluding hydrogens is 319 g/mol. The van der Waals surface area contributed by atoms with Gasteiger partial charge in [-0.1, -0.05) is 11.6 Å². The maximum absolute atomic E-state index is 11.0. The summed E-state index contributed by atoms with van der Waals surface area (Å²) in [6.07, 6.45) is 0. The fourth-order valence-corrected chi connectivity index (χ4v) is 2.28. The van der Waals surface area contributed by atoms with E-state index in [9.17, 15) is 10.1 Å². The summed E-state index contributed by atoms with van der Waals surface area (Å²) in [5.74, 6) is 0.423. The summed E-state index contributed by atoms with van der Waals surface area (Å²) in [6.45, 7) is 3.57. The molecule has 114 valence electrons. The van der Waals surface area contributed by atoms with Gasteiger partial charge in [0.25, 0.3) is 11.6 Å². The summed E-state index contributed by atoms with van der Waals surface area (Å²) in [5.41, 5.74) is 11.1. The van der Waals surface area contributed by atoms with Gasteiger partial charge in [0.05, 0.1) is 11.0 Å². The van der Waals surface area contributed by atoms with E-state index < -0.39 is 10.6 Å². The lowest BCUT2D eigenvalue weighted by molar-refractivity contribution is -0.527. The first-order chi connectivity index (χ1) is 9.22. The van der Waals surface area contributed by atoms with Crippen molar-refractivity contribution in [2.45, 2.75) is 19.5 Å². The normalized spacial score (nSPS) is 16.6. The topological polar surface area (TPSA) is 123 Å². The molecule has 1 aliphatic heterocycles. The van der Waals surface area contributed by atoms with Crippen molar-refractivity contribution in [1.29, 1.82) is 0 Å². The second kappa shape index (κ2) is 5.74. The van der Waals surface area contributed by atoms with Crippen molar-refractivity contribution in [2.24, 2.45) is 16.5 Å². The second-order valence-corrected chi connectivity index (χ2v) is 5.14. The Hall–Kier alpha value is -2.06. The fraction of sp³-hybridized carbons (Fsp3) is 0.273. The number of hydrogen-bond donors (Lipinski definition) is 3. The Bertz CT molecular complexity index is 656. The van der Waals surface area contributed by atoms with Gasteiger partial charge in [0.1, 0.15) is 10.7 Å². The molecule has 8 nitrogen and oxygen atoms in total. The number of nitrogens with zero attached hydrogens (tertiary/aromatic N) is 3. The number of nitro benzene ring substituents is 1. The van der Waals surface area contributed by atoms with Gasteiger partial charge in [-0.05, 0) is 26.0 Å². The molecule has 10 heteroatoms. The first-order valence-corrected chi connectivity index (χ1v) is 6.09. The minimum absolute atomic E-state index is 0. The molecule has 0 spiro atoms. The quantitative estimate of drug-likeness (QED) is 0.324. The Morgan fingerprint density at radius 1 is 1.43 bits per heavy atom. The Morgan fingerprint density at radius 3 is 2.57 bits per heavy atom. The van der Waals surface area contributed by atoms with Crippen molar-refractivity contribution in [1.82, 2.24) is 5.32 Å². The van der Waals surface area contributed by atoms with Crippen LogP contribution in [0.4, 0.5) is 11.4 Å². The minimum Gasteiger partial charge on any atom is -1.00 e. The predicted molar refractivity (Wildman–Crippen MR) is 76.1 cm³/mol. The predicted octanol–water partition coefficient (Wildman–Crippen LogP) is -2.14. The highest BCUT2D eigenvalue weighted by Gasteiger charge is 2.35. The average molecular weight is 333 g/mol. The molecule has 1 aliphatic rings. The number of guanidine groups is 2. The second-order valence-electron chi connectivity index (χ2n) is 4.73. The van der Waals surface area contributed by atoms with Gasteiger partial charge in [-0.15, -0.1) is 0 Å². The van der Waals surface area contributed by atoms with E-state index in [2.05, 4.69) is 10.3 Å². The van der Waals surface area contributed by atoms with Crippen molar-refractivity contribution in [3.05, 3.63) is 33.3 Å². The van der Waals surface area contributed by atoms with E-state index in [4.69, 9.17) is 23.1 Å². The molecule has 0 aliphatic carbocycles. The van der Waals surface area contributed by atoms with E-state index in [1.165, 1.54) is 12.1 Å². The maximum Gasteiger partial charge on any atom is 0.357 e. The highest BCUT2D eigenvalue weighted by atomic mass is 35.5. The zero-order chi connectivity index (χ0) is 15.1. The van der Waals surface area contributed by atoms with Crippen LogP contribution in [0.5, 0.6) is 0 Å². The number of nitrogens with two attached hydrogens (primary N) is 2. The van der Waals surface area contributed by atoms with E-state index in [0.29, 0.717) is 5.69 Å². The van der Waals surface area contributed by atoms with Gasteiger partial charge in [0, 0.05) is 0 Å². The molecule has 5 N–H and O–H groups in total. The van der Waals surface area contributed by atoms with E-state index in [-0.39, 0.29) is 35.0 Å². The smallest absolute Gasteiger partial charge is 0.357 e. The SMILES string of the molecule is CC1(C)N=C(N)NC(N)=[N+]1c1ccc(Cl)c([N+](=O)[O-])c1.[Cl-]. The first kappa shape index (κ1) is 17.0. The molecule has 21 heavy (non-hydrogen) atoms. The van der Waals surface area contributed by atoms with Gasteiger partial charge in [-0.25, -0.2) is 9.89 Å². The number of nitrogens with one attached hydrogen (secondary N) is 1. The third-order valence-corrected chi connectivity index (χ3v) is 3.14. The molecule has 0 bridgehead atoms. The van der Waals surface area contributed by atoms with Crippen LogP contribution in [-0.4, -0.2) is 27.1 Å². The third kappa shape index (κ3) is 3.17. The molecular formula is C11H14Cl2N6O2. The van der Waals surface area contributed by atoms with Gasteiger partial charge < -0.3 is 18.1 Å². The number of halogens is 2. The van der Waals surface area contributed by atoms with Gasteiger partial charge in [-0.2, -0.15) is 4.99 Å². The molecule has 1 heterocycles. The Labute approximate surface area is 132 Å². The van der Waals surface area contributed by atoms with Crippen molar-refractivity contribution in [3.63, 3.8) is 0 Å². The van der Waals surface area contributed by atoms with Crippen molar-refractivity contribution in [2.75, 3.05) is 0 Å². The molecule has 0 amide bonds. The molecule has 0 radical (unpaired) electrons. The third-order valence-electron chi connectivity index (χ3n) is 2.82. The lowest BCUT2D eigenvalue weighted by Crippen LogP contribution is -3.00. The molecule has 1 aromatic rings. The first-order valence-electron chi connectivity index (χ1n) is 5.71. The van der Waals surface area contributed by atoms with Crippen LogP contribution in [-0.2, 0) is 0 Å². The van der Waals surface area contributed by atoms with Crippen LogP contribution in [0.1, 0.15) is 13.8 Å². The summed E-state index contributed by atoms with van der Waals surface area (Å²) < 4.78 is 1.60. The van der Waals surface area contributed by atoms with Crippen LogP contribution in [0.3, 0.4) is 0 Å². The van der Waals surface area contributed by atoms with Gasteiger partial charge in [0.15, 0.2) is 5.66 Å². The van der Waals surface area contributed by atoms with Crippen LogP contribution in [0.25, 0.3) is 0 Å². The summed E-state index contributed by atoms with van der Waals surface area (Å²) in [7, 11) is 0. The zero-order valence-corrected chi connectivity index (χ0v) is 12.8. The Kier molecular flexibility index (Phi) is 4.65. The Morgan fingerprint density at radius 2 is 2.05 bits per heavy atom. The minimum atomic E-state index is -0.777. The molecule has 1 aromatic carbocycles. The van der Waals surface area contributed by atoms with Crippen LogP contribution < -0.4 is 29.2 Å². The standard InChI is InChI=1S/C11H13ClN6O2.ClH/c1-11(2)16-9(13)15-10(14)17(11)6-3-4-7(12)8(5-6)18(19)20;/h3-5H,1-2H3,(H4,13,14,15,16);1H. The fourth-order valence-electron chi connectivity index (χ4n) is 2.09. The lowest BCUT2D eigenvalue weighted by atomic mass is 10.2. The number of benzene rings is 1. The summed E-state index contributed by atoms with van der Waals surface area (Å²) in [5, 5.41) is 13.7. The van der Waals surface area contributed by atoms with Crippen molar-refractivity contribution >= 4 is 34.9 Å². The largest absolute Gasteiger partial charge is 1.00 e. The molecule has 0 fully saturated rings. The molecule has 0 aromatic heterocycles. The van der Waals surface area contributed by atoms with Crippen molar-refractivity contribution < 1.29 is 21.9 Å². The van der Waals surface area contributed by atoms with Crippen molar-refractivity contribution in [3.8, 4) is 0 Å². The number of hydrogen-bond acceptors (Lipinski definition) is 6. The van der Waals surface area contributed by atoms with Gasteiger partial charge >= 0.3 is 5.96 Å². The van der Waals surface area contributed by atoms with Gasteiger partial charge in [0.2, 0.25) is 0 Å². The summed E-state index contributed by atoms with van der Waals surface area (Å²) in [6, 6.07) is 4.42. The summed E-state index contributed by atoms with van der Waals surface area (Å²) >= 11 is 5.80. The Balaban J connectivity index is 0.00000220. The maximum atomic E-state index is 11.0. The van der Waals surface area contributed by atoms with E-state index >= 15 is 0 Å². The average Bonchev–Trinajstić information content (AvgIpc) is 2.28. The zero-order valence-electron chi connectivity index (χ0n) is 11.3. The molecule has 0 unspecified atom stereocenters. The monoisotopic (exact) mass is 332 g/mol. The molecule has 0 saturated heterocycles. The number of rotatable bonds is 2. The number of aliphatic imine (C=N–C) groups is 1. The van der Waals surface area contributed by atoms with E-state index in [1.54, 1.807) is 24.5 Å².